The zero-order valence-corrected chi connectivity index (χ0v) is 29.7. The Morgan fingerprint density at radius 3 is 1.80 bits per heavy atom. The predicted molar refractivity (Wildman–Crippen MR) is 186 cm³/mol. The molecule has 2 aromatic carbocycles. The monoisotopic (exact) mass is 682 g/mol. The number of amides is 4. The van der Waals surface area contributed by atoms with Crippen molar-refractivity contribution >= 4 is 29.8 Å². The Labute approximate surface area is 290 Å². The first kappa shape index (κ1) is 40.7. The van der Waals surface area contributed by atoms with Crippen molar-refractivity contribution in [2.45, 2.75) is 104 Å². The van der Waals surface area contributed by atoms with Crippen LogP contribution in [0.5, 0.6) is 0 Å². The summed E-state index contributed by atoms with van der Waals surface area (Å²) in [7, 11) is 1.25. The van der Waals surface area contributed by atoms with E-state index >= 15 is 0 Å². The van der Waals surface area contributed by atoms with Gasteiger partial charge in [0.2, 0.25) is 17.7 Å². The Morgan fingerprint density at radius 1 is 0.714 bits per heavy atom. The summed E-state index contributed by atoms with van der Waals surface area (Å²) >= 11 is 0. The average Bonchev–Trinajstić information content (AvgIpc) is 3.08. The predicted octanol–water partition coefficient (Wildman–Crippen LogP) is 3.65. The summed E-state index contributed by atoms with van der Waals surface area (Å²) in [5.41, 5.74) is 1.65. The molecule has 12 heteroatoms. The third-order valence-electron chi connectivity index (χ3n) is 8.23. The lowest BCUT2D eigenvalue weighted by molar-refractivity contribution is -0.147. The van der Waals surface area contributed by atoms with Gasteiger partial charge in [-0.25, -0.2) is 9.59 Å². The van der Waals surface area contributed by atoms with Crippen molar-refractivity contribution in [3.63, 3.8) is 0 Å². The average molecular weight is 683 g/mol. The highest BCUT2D eigenvalue weighted by molar-refractivity contribution is 5.91. The number of esters is 1. The maximum atomic E-state index is 13.7. The fraction of sp³-hybridized carbons (Fsp3) is 0.541. The molecule has 5 N–H and O–H groups in total. The highest BCUT2D eigenvalue weighted by Gasteiger charge is 2.34. The maximum absolute atomic E-state index is 13.7. The van der Waals surface area contributed by atoms with Crippen LogP contribution in [0.2, 0.25) is 0 Å². The molecule has 0 aromatic heterocycles. The van der Waals surface area contributed by atoms with Crippen molar-refractivity contribution in [3.8, 4) is 0 Å². The topological polar surface area (TPSA) is 172 Å². The molecular weight excluding hydrogens is 628 g/mol. The van der Waals surface area contributed by atoms with Crippen molar-refractivity contribution in [1.82, 2.24) is 21.3 Å². The van der Waals surface area contributed by atoms with Gasteiger partial charge in [-0.05, 0) is 49.1 Å². The number of carbonyl (C=O) groups excluding carboxylic acids is 5. The molecule has 2 aromatic rings. The second-order valence-corrected chi connectivity index (χ2v) is 13.0. The zero-order chi connectivity index (χ0) is 36.5. The van der Waals surface area contributed by atoms with Crippen LogP contribution in [0.25, 0.3) is 0 Å². The minimum atomic E-state index is -1.15. The maximum Gasteiger partial charge on any atom is 0.408 e. The quantitative estimate of drug-likeness (QED) is 0.140. The molecule has 270 valence electrons. The molecule has 0 saturated carbocycles. The molecule has 49 heavy (non-hydrogen) atoms. The van der Waals surface area contributed by atoms with Crippen LogP contribution in [-0.2, 0) is 41.7 Å². The summed E-state index contributed by atoms with van der Waals surface area (Å²) in [4.78, 5) is 64.8. The van der Waals surface area contributed by atoms with E-state index < -0.39 is 66.0 Å². The van der Waals surface area contributed by atoms with Gasteiger partial charge in [0.25, 0.3) is 0 Å². The smallest absolute Gasteiger partial charge is 0.408 e. The van der Waals surface area contributed by atoms with Crippen molar-refractivity contribution in [3.05, 3.63) is 71.8 Å². The molecule has 4 amide bonds. The van der Waals surface area contributed by atoms with Crippen LogP contribution in [0.4, 0.5) is 4.79 Å². The Hall–Kier alpha value is -4.45. The number of methoxy groups -OCH3 is 1. The summed E-state index contributed by atoms with van der Waals surface area (Å²) in [6, 6.07) is 14.8. The minimum absolute atomic E-state index is 0.00158. The first-order chi connectivity index (χ1) is 23.3. The van der Waals surface area contributed by atoms with Crippen molar-refractivity contribution < 1.29 is 38.6 Å². The largest absolute Gasteiger partial charge is 0.467 e. The van der Waals surface area contributed by atoms with Crippen LogP contribution < -0.4 is 21.3 Å². The van der Waals surface area contributed by atoms with Crippen molar-refractivity contribution in [1.29, 1.82) is 0 Å². The molecule has 0 bridgehead atoms. The molecule has 6 atom stereocenters. The number of alkyl carbamates (subject to hydrolysis) is 1. The number of carbonyl (C=O) groups is 5. The standard InChI is InChI=1S/C37H54N4O8/c1-8-15-28(34(44)40-31(23(2)3)35(45)41-32(24(4)5)36(46)48-7)21-30(42)29(20-26-16-11-9-12-17-26)39-33(43)25(6)38-37(47)49-22-27-18-13-10-14-19-27/h9-14,16-19,23-25,28-32,42H,8,15,20-22H2,1-7H3,(H,38,47)(H,39,43)(H,40,44)(H,41,45)/t25-,28?,29-,30-,31+,32-/m0/s1. The molecule has 0 heterocycles. The number of hydrogen-bond acceptors (Lipinski definition) is 8. The van der Waals surface area contributed by atoms with Gasteiger partial charge in [-0.15, -0.1) is 0 Å². The Balaban J connectivity index is 2.16. The Morgan fingerprint density at radius 2 is 1.27 bits per heavy atom. The van der Waals surface area contributed by atoms with E-state index in [-0.39, 0.29) is 31.3 Å². The fourth-order valence-corrected chi connectivity index (χ4v) is 5.30. The van der Waals surface area contributed by atoms with Gasteiger partial charge in [-0.2, -0.15) is 0 Å². The van der Waals surface area contributed by atoms with E-state index in [0.29, 0.717) is 12.8 Å². The molecule has 0 aliphatic rings. The van der Waals surface area contributed by atoms with E-state index in [1.165, 1.54) is 14.0 Å². The molecule has 0 aliphatic carbocycles. The van der Waals surface area contributed by atoms with E-state index in [0.717, 1.165) is 11.1 Å². The summed E-state index contributed by atoms with van der Waals surface area (Å²) < 4.78 is 10.1. The molecule has 0 aliphatic heterocycles. The number of nitrogens with one attached hydrogen (secondary N) is 4. The van der Waals surface area contributed by atoms with Gasteiger partial charge in [0, 0.05) is 5.92 Å². The number of rotatable bonds is 19. The molecule has 2 rings (SSSR count). The summed E-state index contributed by atoms with van der Waals surface area (Å²) in [6.07, 6.45) is -0.602. The highest BCUT2D eigenvalue weighted by Crippen LogP contribution is 2.20. The van der Waals surface area contributed by atoms with Gasteiger partial charge in [-0.3, -0.25) is 14.4 Å². The lowest BCUT2D eigenvalue weighted by Gasteiger charge is -2.30. The second-order valence-electron chi connectivity index (χ2n) is 13.0. The minimum Gasteiger partial charge on any atom is -0.467 e. The molecule has 0 saturated heterocycles. The van der Waals surface area contributed by atoms with Crippen LogP contribution in [0.3, 0.4) is 0 Å². The van der Waals surface area contributed by atoms with E-state index in [1.54, 1.807) is 27.7 Å². The SMILES string of the molecule is CCCC(C[C@H](O)[C@H](Cc1ccccc1)NC(=O)[C@H](C)NC(=O)OCc1ccccc1)C(=O)N[C@@H](C(=O)N[C@H](C(=O)OC)C(C)C)C(C)C. The van der Waals surface area contributed by atoms with E-state index in [2.05, 4.69) is 21.3 Å². The molecule has 0 radical (unpaired) electrons. The molecule has 0 spiro atoms. The molecular formula is C37H54N4O8. The normalized spacial score (nSPS) is 14.8. The third kappa shape index (κ3) is 13.9. The van der Waals surface area contributed by atoms with Gasteiger partial charge >= 0.3 is 12.1 Å². The molecule has 0 fully saturated rings. The zero-order valence-electron chi connectivity index (χ0n) is 29.7. The van der Waals surface area contributed by atoms with Crippen LogP contribution >= 0.6 is 0 Å². The van der Waals surface area contributed by atoms with Crippen LogP contribution in [0.15, 0.2) is 60.7 Å². The Bertz CT molecular complexity index is 1340. The number of ether oxygens (including phenoxy) is 2. The number of aliphatic hydroxyl groups is 1. The van der Waals surface area contributed by atoms with Gasteiger partial charge in [-0.1, -0.05) is 102 Å². The number of hydrogen-bond donors (Lipinski definition) is 5. The lowest BCUT2D eigenvalue weighted by Crippen LogP contribution is -2.56. The van der Waals surface area contributed by atoms with Crippen molar-refractivity contribution in [2.24, 2.45) is 17.8 Å². The van der Waals surface area contributed by atoms with Crippen LogP contribution in [-0.4, -0.2) is 72.3 Å². The van der Waals surface area contributed by atoms with E-state index in [4.69, 9.17) is 9.47 Å². The first-order valence-corrected chi connectivity index (χ1v) is 16.9. The van der Waals surface area contributed by atoms with Crippen molar-refractivity contribution in [2.75, 3.05) is 7.11 Å². The summed E-state index contributed by atoms with van der Waals surface area (Å²) in [5.74, 6) is -3.28. The van der Waals surface area contributed by atoms with Gasteiger partial charge in [0.05, 0.1) is 19.3 Å². The molecule has 1 unspecified atom stereocenters. The lowest BCUT2D eigenvalue weighted by atomic mass is 9.89. The van der Waals surface area contributed by atoms with Gasteiger partial charge in [0.15, 0.2) is 0 Å². The third-order valence-corrected chi connectivity index (χ3v) is 8.23. The second kappa shape index (κ2) is 20.8. The van der Waals surface area contributed by atoms with Crippen LogP contribution in [0, 0.1) is 17.8 Å². The number of aliphatic hydroxyl groups excluding tert-OH is 1. The summed E-state index contributed by atoms with van der Waals surface area (Å²) in [6.45, 7) is 10.6. The number of benzene rings is 2. The highest BCUT2D eigenvalue weighted by atomic mass is 16.5. The Kier molecular flexibility index (Phi) is 17.3. The fourth-order valence-electron chi connectivity index (χ4n) is 5.30. The summed E-state index contributed by atoms with van der Waals surface area (Å²) in [5, 5.41) is 22.5. The first-order valence-electron chi connectivity index (χ1n) is 16.9. The van der Waals surface area contributed by atoms with E-state index in [9.17, 15) is 29.1 Å². The van der Waals surface area contributed by atoms with Gasteiger partial charge in [0.1, 0.15) is 24.7 Å². The molecule has 12 nitrogen and oxygen atoms in total. The van der Waals surface area contributed by atoms with Gasteiger partial charge < -0.3 is 35.8 Å². The van der Waals surface area contributed by atoms with Crippen LogP contribution in [0.1, 0.15) is 71.9 Å². The van der Waals surface area contributed by atoms with E-state index in [1.807, 2.05) is 67.6 Å².